The van der Waals surface area contributed by atoms with Gasteiger partial charge in [-0.05, 0) is 21.0 Å². The van der Waals surface area contributed by atoms with E-state index in [-0.39, 0.29) is 5.88 Å². The van der Waals surface area contributed by atoms with Crippen molar-refractivity contribution in [2.24, 2.45) is 0 Å². The van der Waals surface area contributed by atoms with Crippen LogP contribution in [0.1, 0.15) is 11.5 Å². The maximum Gasteiger partial charge on any atom is 0.232 e. The van der Waals surface area contributed by atoms with Gasteiger partial charge in [0, 0.05) is 0 Å². The molecule has 0 saturated carbocycles. The lowest BCUT2D eigenvalue weighted by molar-refractivity contribution is 0.388. The maximum atomic E-state index is 9.09. The van der Waals surface area contributed by atoms with Crippen molar-refractivity contribution in [3.05, 3.63) is 11.5 Å². The molecule has 1 aromatic rings. The van der Waals surface area contributed by atoms with Gasteiger partial charge < -0.3 is 15.0 Å². The number of aryl methyl sites for hydroxylation is 1. The van der Waals surface area contributed by atoms with E-state index in [0.29, 0.717) is 0 Å². The number of aromatic nitrogens is 2. The molecule has 2 N–H and O–H groups in total. The molecule has 0 bridgehead atoms. The molecule has 0 aromatic carbocycles. The largest absolute Gasteiger partial charge is 0.492 e. The van der Waals surface area contributed by atoms with Crippen LogP contribution in [0.3, 0.4) is 0 Å². The Morgan fingerprint density at radius 2 is 2.18 bits per heavy atom. The molecule has 4 heteroatoms. The van der Waals surface area contributed by atoms with Gasteiger partial charge in [-0.3, -0.25) is 0 Å². The van der Waals surface area contributed by atoms with Crippen LogP contribution in [0.5, 0.6) is 5.88 Å². The minimum absolute atomic E-state index is 0.0989. The zero-order valence-corrected chi connectivity index (χ0v) is 7.05. The number of hydrogen-bond acceptors (Lipinski definition) is 3. The van der Waals surface area contributed by atoms with E-state index >= 15 is 0 Å². The number of nitrogens with one attached hydrogen (secondary N) is 1. The first-order valence-electron chi connectivity index (χ1n) is 3.49. The lowest BCUT2D eigenvalue weighted by Gasteiger charge is -2.04. The molecule has 0 amide bonds. The first kappa shape index (κ1) is 8.07. The van der Waals surface area contributed by atoms with Crippen molar-refractivity contribution in [3.63, 3.8) is 0 Å². The smallest absolute Gasteiger partial charge is 0.232 e. The second-order valence-corrected chi connectivity index (χ2v) is 2.87. The quantitative estimate of drug-likeness (QED) is 0.653. The van der Waals surface area contributed by atoms with Crippen LogP contribution in [-0.2, 0) is 6.54 Å². The van der Waals surface area contributed by atoms with E-state index in [9.17, 15) is 0 Å². The first-order valence-corrected chi connectivity index (χ1v) is 3.49. The Morgan fingerprint density at radius 1 is 1.55 bits per heavy atom. The fourth-order valence-corrected chi connectivity index (χ4v) is 0.886. The highest BCUT2D eigenvalue weighted by Gasteiger charge is 2.04. The second kappa shape index (κ2) is 2.92. The van der Waals surface area contributed by atoms with Gasteiger partial charge >= 0.3 is 0 Å². The third-order valence-electron chi connectivity index (χ3n) is 1.37. The Hall–Kier alpha value is -1.03. The monoisotopic (exact) mass is 155 g/mol. The van der Waals surface area contributed by atoms with Crippen molar-refractivity contribution in [1.29, 1.82) is 0 Å². The van der Waals surface area contributed by atoms with E-state index in [0.717, 1.165) is 18.1 Å². The van der Waals surface area contributed by atoms with Crippen LogP contribution in [-0.4, -0.2) is 34.1 Å². The number of hydrogen-bond donors (Lipinski definition) is 2. The fourth-order valence-electron chi connectivity index (χ4n) is 0.886. The van der Waals surface area contributed by atoms with Crippen molar-refractivity contribution >= 4 is 0 Å². The summed E-state index contributed by atoms with van der Waals surface area (Å²) < 4.78 is 0. The predicted octanol–water partition coefficient (Wildman–Crippen LogP) is 0.485. The van der Waals surface area contributed by atoms with Gasteiger partial charge in [-0.15, -0.1) is 0 Å². The molecule has 0 aliphatic carbocycles. The highest BCUT2D eigenvalue weighted by Crippen LogP contribution is 2.11. The zero-order chi connectivity index (χ0) is 8.43. The fraction of sp³-hybridized carbons (Fsp3) is 0.571. The summed E-state index contributed by atoms with van der Waals surface area (Å²) in [7, 11) is 3.91. The van der Waals surface area contributed by atoms with Crippen LogP contribution in [0.25, 0.3) is 0 Å². The molecule has 0 saturated heterocycles. The molecule has 11 heavy (non-hydrogen) atoms. The SMILES string of the molecule is Cc1[nH]c(CN(C)C)nc1O. The average Bonchev–Trinajstić information content (AvgIpc) is 2.10. The Labute approximate surface area is 65.9 Å². The van der Waals surface area contributed by atoms with Crippen LogP contribution < -0.4 is 0 Å². The Morgan fingerprint density at radius 3 is 2.55 bits per heavy atom. The summed E-state index contributed by atoms with van der Waals surface area (Å²) in [6.45, 7) is 2.52. The molecule has 1 rings (SSSR count). The second-order valence-electron chi connectivity index (χ2n) is 2.87. The summed E-state index contributed by atoms with van der Waals surface area (Å²) in [5.74, 6) is 0.895. The normalized spacial score (nSPS) is 10.9. The third kappa shape index (κ3) is 1.94. The van der Waals surface area contributed by atoms with Crippen LogP contribution in [0.15, 0.2) is 0 Å². The van der Waals surface area contributed by atoms with Crippen molar-refractivity contribution in [3.8, 4) is 5.88 Å². The van der Waals surface area contributed by atoms with Gasteiger partial charge in [0.15, 0.2) is 0 Å². The van der Waals surface area contributed by atoms with Gasteiger partial charge in [0.2, 0.25) is 5.88 Å². The molecule has 62 valence electrons. The summed E-state index contributed by atoms with van der Waals surface area (Å²) in [4.78, 5) is 8.87. The standard InChI is InChI=1S/C7H13N3O/c1-5-7(11)9-6(8-5)4-10(2)3/h11H,4H2,1-3H3,(H,8,9). The van der Waals surface area contributed by atoms with E-state index in [2.05, 4.69) is 9.97 Å². The van der Waals surface area contributed by atoms with E-state index in [1.54, 1.807) is 6.92 Å². The summed E-state index contributed by atoms with van der Waals surface area (Å²) in [5.41, 5.74) is 0.724. The molecule has 1 aromatic heterocycles. The topological polar surface area (TPSA) is 52.2 Å². The minimum atomic E-state index is 0.0989. The molecule has 0 radical (unpaired) electrons. The number of H-pyrrole nitrogens is 1. The predicted molar refractivity (Wildman–Crippen MR) is 42.4 cm³/mol. The van der Waals surface area contributed by atoms with Gasteiger partial charge in [0.25, 0.3) is 0 Å². The maximum absolute atomic E-state index is 9.09. The third-order valence-corrected chi connectivity index (χ3v) is 1.37. The Kier molecular flexibility index (Phi) is 2.14. The van der Waals surface area contributed by atoms with Crippen molar-refractivity contribution in [1.82, 2.24) is 14.9 Å². The van der Waals surface area contributed by atoms with Crippen molar-refractivity contribution in [2.45, 2.75) is 13.5 Å². The molecular weight excluding hydrogens is 142 g/mol. The van der Waals surface area contributed by atoms with Crippen molar-refractivity contribution < 1.29 is 5.11 Å². The van der Waals surface area contributed by atoms with E-state index in [1.165, 1.54) is 0 Å². The zero-order valence-electron chi connectivity index (χ0n) is 7.05. The van der Waals surface area contributed by atoms with Crippen LogP contribution >= 0.6 is 0 Å². The number of aromatic amines is 1. The molecule has 4 nitrogen and oxygen atoms in total. The van der Waals surface area contributed by atoms with Crippen LogP contribution in [0.2, 0.25) is 0 Å². The van der Waals surface area contributed by atoms with Gasteiger partial charge in [-0.1, -0.05) is 0 Å². The molecule has 0 unspecified atom stereocenters. The molecular formula is C7H13N3O. The molecule has 0 atom stereocenters. The van der Waals surface area contributed by atoms with Crippen LogP contribution in [0, 0.1) is 6.92 Å². The number of aromatic hydroxyl groups is 1. The lowest BCUT2D eigenvalue weighted by Crippen LogP contribution is -2.11. The number of imidazole rings is 1. The molecule has 1 heterocycles. The first-order chi connectivity index (χ1) is 5.09. The molecule has 0 aliphatic rings. The van der Waals surface area contributed by atoms with Gasteiger partial charge in [-0.2, -0.15) is 4.98 Å². The lowest BCUT2D eigenvalue weighted by atomic mass is 10.5. The highest BCUT2D eigenvalue weighted by atomic mass is 16.3. The minimum Gasteiger partial charge on any atom is -0.492 e. The number of nitrogens with zero attached hydrogens (tertiary/aromatic N) is 2. The van der Waals surface area contributed by atoms with E-state index in [4.69, 9.17) is 5.11 Å². The Bertz CT molecular complexity index is 222. The summed E-state index contributed by atoms with van der Waals surface area (Å²) in [5, 5.41) is 9.09. The van der Waals surface area contributed by atoms with Gasteiger partial charge in [-0.25, -0.2) is 0 Å². The Balaban J connectivity index is 2.73. The van der Waals surface area contributed by atoms with Crippen LogP contribution in [0.4, 0.5) is 0 Å². The van der Waals surface area contributed by atoms with E-state index in [1.807, 2.05) is 19.0 Å². The summed E-state index contributed by atoms with van der Waals surface area (Å²) in [6.07, 6.45) is 0. The molecule has 0 fully saturated rings. The van der Waals surface area contributed by atoms with E-state index < -0.39 is 0 Å². The van der Waals surface area contributed by atoms with Gasteiger partial charge in [0.1, 0.15) is 5.82 Å². The number of rotatable bonds is 2. The average molecular weight is 155 g/mol. The molecule has 0 aliphatic heterocycles. The summed E-state index contributed by atoms with van der Waals surface area (Å²) >= 11 is 0. The summed E-state index contributed by atoms with van der Waals surface area (Å²) in [6, 6.07) is 0. The molecule has 0 spiro atoms. The van der Waals surface area contributed by atoms with Gasteiger partial charge in [0.05, 0.1) is 12.2 Å². The van der Waals surface area contributed by atoms with Crippen molar-refractivity contribution in [2.75, 3.05) is 14.1 Å². The highest BCUT2D eigenvalue weighted by molar-refractivity contribution is 5.17.